The summed E-state index contributed by atoms with van der Waals surface area (Å²) in [5, 5.41) is 19.0. The number of nitro groups is 1. The Kier molecular flexibility index (Phi) is 4.45. The predicted molar refractivity (Wildman–Crippen MR) is 60.2 cm³/mol. The van der Waals surface area contributed by atoms with Gasteiger partial charge in [0.2, 0.25) is 0 Å². The molecule has 1 aromatic rings. The smallest absolute Gasteiger partial charge is 0.303 e. The summed E-state index contributed by atoms with van der Waals surface area (Å²) in [7, 11) is 0. The van der Waals surface area contributed by atoms with Crippen molar-refractivity contribution >= 4 is 11.7 Å². The molecule has 0 aliphatic carbocycles. The van der Waals surface area contributed by atoms with E-state index in [0.29, 0.717) is 12.2 Å². The minimum Gasteiger partial charge on any atom is -0.493 e. The van der Waals surface area contributed by atoms with Gasteiger partial charge in [0.25, 0.3) is 5.69 Å². The highest BCUT2D eigenvalue weighted by Gasteiger charge is 2.09. The van der Waals surface area contributed by atoms with Crippen LogP contribution in [-0.2, 0) is 4.79 Å². The van der Waals surface area contributed by atoms with Crippen molar-refractivity contribution in [2.24, 2.45) is 0 Å². The summed E-state index contributed by atoms with van der Waals surface area (Å²) in [5.74, 6) is -0.464. The third kappa shape index (κ3) is 4.10. The highest BCUT2D eigenvalue weighted by molar-refractivity contribution is 5.66. The van der Waals surface area contributed by atoms with Gasteiger partial charge in [-0.15, -0.1) is 0 Å². The number of carbonyl (C=O) groups is 1. The molecular formula is C11H13NO5. The molecule has 6 heteroatoms. The molecule has 0 aliphatic rings. The standard InChI is InChI=1S/C11H13NO5/c1-8-4-5-9(12(15)16)7-10(8)17-6-2-3-11(13)14/h4-5,7H,2-3,6H2,1H3,(H,13,14). The van der Waals surface area contributed by atoms with Crippen LogP contribution < -0.4 is 4.74 Å². The number of rotatable bonds is 6. The zero-order valence-corrected chi connectivity index (χ0v) is 9.38. The maximum Gasteiger partial charge on any atom is 0.303 e. The van der Waals surface area contributed by atoms with E-state index in [2.05, 4.69) is 0 Å². The molecule has 0 heterocycles. The van der Waals surface area contributed by atoms with Crippen LogP contribution in [0.5, 0.6) is 5.75 Å². The molecule has 0 unspecified atom stereocenters. The molecule has 0 fully saturated rings. The van der Waals surface area contributed by atoms with E-state index in [1.54, 1.807) is 13.0 Å². The Labute approximate surface area is 98.0 Å². The number of nitro benzene ring substituents is 1. The van der Waals surface area contributed by atoms with E-state index in [1.807, 2.05) is 0 Å². The number of aliphatic carboxylic acids is 1. The highest BCUT2D eigenvalue weighted by atomic mass is 16.6. The molecule has 0 saturated heterocycles. The van der Waals surface area contributed by atoms with Crippen LogP contribution in [0, 0.1) is 17.0 Å². The normalized spacial score (nSPS) is 9.94. The fourth-order valence-electron chi connectivity index (χ4n) is 1.26. The Balaban J connectivity index is 2.60. The number of carboxylic acids is 1. The summed E-state index contributed by atoms with van der Waals surface area (Å²) >= 11 is 0. The van der Waals surface area contributed by atoms with Gasteiger partial charge >= 0.3 is 5.97 Å². The fraction of sp³-hybridized carbons (Fsp3) is 0.364. The Hall–Kier alpha value is -2.11. The first-order valence-electron chi connectivity index (χ1n) is 5.10. The van der Waals surface area contributed by atoms with Crippen molar-refractivity contribution in [2.75, 3.05) is 6.61 Å². The SMILES string of the molecule is Cc1ccc([N+](=O)[O-])cc1OCCCC(=O)O. The van der Waals surface area contributed by atoms with E-state index >= 15 is 0 Å². The average Bonchev–Trinajstić information content (AvgIpc) is 2.25. The molecule has 0 amide bonds. The zero-order valence-electron chi connectivity index (χ0n) is 9.38. The minimum atomic E-state index is -0.885. The molecule has 0 spiro atoms. The highest BCUT2D eigenvalue weighted by Crippen LogP contribution is 2.24. The summed E-state index contributed by atoms with van der Waals surface area (Å²) in [6.07, 6.45) is 0.394. The number of carboxylic acid groups (broad SMARTS) is 1. The van der Waals surface area contributed by atoms with Crippen LogP contribution in [0.3, 0.4) is 0 Å². The van der Waals surface area contributed by atoms with Gasteiger partial charge in [-0.3, -0.25) is 14.9 Å². The van der Waals surface area contributed by atoms with Gasteiger partial charge in [-0.05, 0) is 25.0 Å². The second-order valence-corrected chi connectivity index (χ2v) is 3.55. The second kappa shape index (κ2) is 5.83. The van der Waals surface area contributed by atoms with Crippen molar-refractivity contribution in [3.05, 3.63) is 33.9 Å². The third-order valence-corrected chi connectivity index (χ3v) is 2.18. The van der Waals surface area contributed by atoms with Crippen molar-refractivity contribution in [1.82, 2.24) is 0 Å². The Morgan fingerprint density at radius 3 is 2.82 bits per heavy atom. The lowest BCUT2D eigenvalue weighted by atomic mass is 10.2. The number of aryl methyl sites for hydroxylation is 1. The lowest BCUT2D eigenvalue weighted by Crippen LogP contribution is -2.03. The Morgan fingerprint density at radius 1 is 1.53 bits per heavy atom. The van der Waals surface area contributed by atoms with E-state index in [4.69, 9.17) is 9.84 Å². The number of nitrogens with zero attached hydrogens (tertiary/aromatic N) is 1. The van der Waals surface area contributed by atoms with Crippen LogP contribution in [0.25, 0.3) is 0 Å². The molecule has 1 N–H and O–H groups in total. The Bertz CT molecular complexity index is 430. The number of ether oxygens (including phenoxy) is 1. The van der Waals surface area contributed by atoms with Crippen LogP contribution in [0.15, 0.2) is 18.2 Å². The molecule has 6 nitrogen and oxygen atoms in total. The molecule has 0 saturated carbocycles. The number of non-ortho nitro benzene ring substituents is 1. The van der Waals surface area contributed by atoms with Gasteiger partial charge in [0, 0.05) is 12.5 Å². The van der Waals surface area contributed by atoms with Crippen LogP contribution in [0.1, 0.15) is 18.4 Å². The van der Waals surface area contributed by atoms with Crippen molar-refractivity contribution in [3.8, 4) is 5.75 Å². The summed E-state index contributed by atoms with van der Waals surface area (Å²) < 4.78 is 5.31. The van der Waals surface area contributed by atoms with Gasteiger partial charge in [0.1, 0.15) is 5.75 Å². The molecule has 0 aliphatic heterocycles. The summed E-state index contributed by atoms with van der Waals surface area (Å²) in [4.78, 5) is 20.3. The lowest BCUT2D eigenvalue weighted by molar-refractivity contribution is -0.384. The van der Waals surface area contributed by atoms with Gasteiger partial charge in [0.05, 0.1) is 17.6 Å². The van der Waals surface area contributed by atoms with Gasteiger partial charge in [-0.25, -0.2) is 0 Å². The molecule has 17 heavy (non-hydrogen) atoms. The van der Waals surface area contributed by atoms with Gasteiger partial charge in [-0.2, -0.15) is 0 Å². The molecule has 1 aromatic carbocycles. The molecule has 0 aromatic heterocycles. The summed E-state index contributed by atoms with van der Waals surface area (Å²) in [6.45, 7) is 2.00. The first-order valence-corrected chi connectivity index (χ1v) is 5.10. The summed E-state index contributed by atoms with van der Waals surface area (Å²) in [5.41, 5.74) is 0.745. The van der Waals surface area contributed by atoms with Crippen LogP contribution in [-0.4, -0.2) is 22.6 Å². The first-order chi connectivity index (χ1) is 8.00. The molecule has 1 rings (SSSR count). The van der Waals surface area contributed by atoms with Crippen LogP contribution in [0.4, 0.5) is 5.69 Å². The predicted octanol–water partition coefficient (Wildman–Crippen LogP) is 2.15. The average molecular weight is 239 g/mol. The largest absolute Gasteiger partial charge is 0.493 e. The van der Waals surface area contributed by atoms with Crippen LogP contribution >= 0.6 is 0 Å². The molecule has 0 radical (unpaired) electrons. The number of hydrogen-bond donors (Lipinski definition) is 1. The second-order valence-electron chi connectivity index (χ2n) is 3.55. The molecular weight excluding hydrogens is 226 g/mol. The maximum absolute atomic E-state index is 10.6. The zero-order chi connectivity index (χ0) is 12.8. The van der Waals surface area contributed by atoms with E-state index in [9.17, 15) is 14.9 Å². The Morgan fingerprint density at radius 2 is 2.24 bits per heavy atom. The lowest BCUT2D eigenvalue weighted by Gasteiger charge is -2.07. The van der Waals surface area contributed by atoms with E-state index < -0.39 is 10.9 Å². The summed E-state index contributed by atoms with van der Waals surface area (Å²) in [6, 6.07) is 4.35. The van der Waals surface area contributed by atoms with Gasteiger partial charge in [-0.1, -0.05) is 0 Å². The first kappa shape index (κ1) is 13.0. The minimum absolute atomic E-state index is 0.0218. The van der Waals surface area contributed by atoms with E-state index in [-0.39, 0.29) is 18.7 Å². The van der Waals surface area contributed by atoms with E-state index in [0.717, 1.165) is 5.56 Å². The van der Waals surface area contributed by atoms with E-state index in [1.165, 1.54) is 12.1 Å². The molecule has 92 valence electrons. The number of hydrogen-bond acceptors (Lipinski definition) is 4. The van der Waals surface area contributed by atoms with Gasteiger partial charge < -0.3 is 9.84 Å². The molecule has 0 atom stereocenters. The van der Waals surface area contributed by atoms with Crippen LogP contribution in [0.2, 0.25) is 0 Å². The monoisotopic (exact) mass is 239 g/mol. The third-order valence-electron chi connectivity index (χ3n) is 2.18. The van der Waals surface area contributed by atoms with Gasteiger partial charge in [0.15, 0.2) is 0 Å². The molecule has 0 bridgehead atoms. The van der Waals surface area contributed by atoms with Crippen molar-refractivity contribution < 1.29 is 19.6 Å². The quantitative estimate of drug-likeness (QED) is 0.466. The van der Waals surface area contributed by atoms with Crippen molar-refractivity contribution in [3.63, 3.8) is 0 Å². The maximum atomic E-state index is 10.6. The van der Waals surface area contributed by atoms with Crippen molar-refractivity contribution in [2.45, 2.75) is 19.8 Å². The number of benzene rings is 1. The van der Waals surface area contributed by atoms with Crippen molar-refractivity contribution in [1.29, 1.82) is 0 Å². The topological polar surface area (TPSA) is 89.7 Å². The fourth-order valence-corrected chi connectivity index (χ4v) is 1.26.